The fourth-order valence-electron chi connectivity index (χ4n) is 4.02. The van der Waals surface area contributed by atoms with Crippen molar-refractivity contribution in [1.29, 1.82) is 0 Å². The second-order valence-corrected chi connectivity index (χ2v) is 10.0. The lowest BCUT2D eigenvalue weighted by atomic mass is 10.1. The fourth-order valence-corrected chi connectivity index (χ4v) is 5.35. The van der Waals surface area contributed by atoms with Crippen molar-refractivity contribution < 1.29 is 9.18 Å². The standard InChI is InChI=1S/C29H24ClFN4OS/c1-19-4-2-3-5-22(19)15-33-28(36)21-8-6-20(7-9-21)17-35-27-16-32-13-12-26(27)34-29(35)37-18-23-10-11-24(31)14-25(23)30/h2-14,16H,15,17-18H2,1H3,(H,33,36). The highest BCUT2D eigenvalue weighted by Gasteiger charge is 2.14. The molecule has 0 bridgehead atoms. The third-order valence-corrected chi connectivity index (χ3v) is 7.52. The Morgan fingerprint density at radius 1 is 1.05 bits per heavy atom. The number of amides is 1. The average Bonchev–Trinajstić information content (AvgIpc) is 3.25. The molecule has 5 rings (SSSR count). The molecule has 0 radical (unpaired) electrons. The maximum absolute atomic E-state index is 13.4. The van der Waals surface area contributed by atoms with Crippen molar-refractivity contribution in [2.24, 2.45) is 0 Å². The molecule has 0 aliphatic rings. The molecule has 2 heterocycles. The van der Waals surface area contributed by atoms with E-state index in [9.17, 15) is 9.18 Å². The molecule has 1 amide bonds. The SMILES string of the molecule is Cc1ccccc1CNC(=O)c1ccc(Cn2c(SCc3ccc(F)cc3Cl)nc3ccncc32)cc1. The summed E-state index contributed by atoms with van der Waals surface area (Å²) in [6, 6.07) is 21.9. The Bertz CT molecular complexity index is 1570. The van der Waals surface area contributed by atoms with Crippen LogP contribution >= 0.6 is 23.4 Å². The molecule has 8 heteroatoms. The normalized spacial score (nSPS) is 11.1. The lowest BCUT2D eigenvalue weighted by Gasteiger charge is -2.11. The number of pyridine rings is 1. The molecule has 5 nitrogen and oxygen atoms in total. The van der Waals surface area contributed by atoms with E-state index < -0.39 is 0 Å². The Kier molecular flexibility index (Phi) is 7.53. The van der Waals surface area contributed by atoms with Gasteiger partial charge >= 0.3 is 0 Å². The number of halogens is 2. The van der Waals surface area contributed by atoms with Crippen molar-refractivity contribution in [3.05, 3.63) is 124 Å². The molecular formula is C29H24ClFN4OS. The highest BCUT2D eigenvalue weighted by atomic mass is 35.5. The number of carbonyl (C=O) groups excluding carboxylic acids is 1. The van der Waals surface area contributed by atoms with E-state index in [0.29, 0.717) is 29.4 Å². The van der Waals surface area contributed by atoms with E-state index in [2.05, 4.69) is 14.9 Å². The highest BCUT2D eigenvalue weighted by Crippen LogP contribution is 2.30. The molecular weight excluding hydrogens is 507 g/mol. The zero-order valence-corrected chi connectivity index (χ0v) is 21.7. The van der Waals surface area contributed by atoms with Gasteiger partial charge in [-0.1, -0.05) is 65.8 Å². The van der Waals surface area contributed by atoms with Gasteiger partial charge in [-0.3, -0.25) is 9.78 Å². The zero-order valence-electron chi connectivity index (χ0n) is 20.1. The van der Waals surface area contributed by atoms with Crippen molar-refractivity contribution in [2.45, 2.75) is 30.9 Å². The number of rotatable bonds is 8. The number of aromatic nitrogens is 3. The lowest BCUT2D eigenvalue weighted by Crippen LogP contribution is -2.23. The Morgan fingerprint density at radius 2 is 1.86 bits per heavy atom. The van der Waals surface area contributed by atoms with E-state index in [1.807, 2.05) is 61.5 Å². The van der Waals surface area contributed by atoms with Crippen LogP contribution in [-0.2, 0) is 18.8 Å². The number of imidazole rings is 1. The molecule has 0 fully saturated rings. The number of hydrogen-bond acceptors (Lipinski definition) is 4. The van der Waals surface area contributed by atoms with Gasteiger partial charge in [0.15, 0.2) is 5.16 Å². The van der Waals surface area contributed by atoms with Gasteiger partial charge in [0.25, 0.3) is 5.91 Å². The molecule has 3 aromatic carbocycles. The predicted molar refractivity (Wildman–Crippen MR) is 146 cm³/mol. The first-order valence-electron chi connectivity index (χ1n) is 11.8. The molecule has 186 valence electrons. The number of thioether (sulfide) groups is 1. The first kappa shape index (κ1) is 25.0. The minimum atomic E-state index is -0.357. The van der Waals surface area contributed by atoms with Crippen LogP contribution in [0.15, 0.2) is 90.3 Å². The maximum Gasteiger partial charge on any atom is 0.251 e. The minimum Gasteiger partial charge on any atom is -0.348 e. The van der Waals surface area contributed by atoms with E-state index >= 15 is 0 Å². The molecule has 0 aliphatic heterocycles. The summed E-state index contributed by atoms with van der Waals surface area (Å²) in [5.41, 5.74) is 6.47. The van der Waals surface area contributed by atoms with Crippen LogP contribution < -0.4 is 5.32 Å². The molecule has 0 saturated heterocycles. The van der Waals surface area contributed by atoms with Crippen molar-refractivity contribution in [1.82, 2.24) is 19.9 Å². The molecule has 0 atom stereocenters. The van der Waals surface area contributed by atoms with Gasteiger partial charge in [-0.25, -0.2) is 9.37 Å². The molecule has 37 heavy (non-hydrogen) atoms. The Labute approximate surface area is 223 Å². The first-order valence-corrected chi connectivity index (χ1v) is 13.1. The summed E-state index contributed by atoms with van der Waals surface area (Å²) < 4.78 is 15.5. The van der Waals surface area contributed by atoms with Crippen LogP contribution in [0.3, 0.4) is 0 Å². The summed E-state index contributed by atoms with van der Waals surface area (Å²) in [5.74, 6) is 0.0828. The monoisotopic (exact) mass is 530 g/mol. The molecule has 0 spiro atoms. The van der Waals surface area contributed by atoms with Crippen molar-refractivity contribution >= 4 is 40.3 Å². The molecule has 2 aromatic heterocycles. The largest absolute Gasteiger partial charge is 0.348 e. The van der Waals surface area contributed by atoms with E-state index in [1.165, 1.54) is 23.9 Å². The van der Waals surface area contributed by atoms with Gasteiger partial charge in [0.05, 0.1) is 23.8 Å². The van der Waals surface area contributed by atoms with Crippen molar-refractivity contribution in [3.63, 3.8) is 0 Å². The van der Waals surface area contributed by atoms with Gasteiger partial charge in [0.1, 0.15) is 5.82 Å². The minimum absolute atomic E-state index is 0.112. The highest BCUT2D eigenvalue weighted by molar-refractivity contribution is 7.98. The summed E-state index contributed by atoms with van der Waals surface area (Å²) in [6.07, 6.45) is 3.51. The third kappa shape index (κ3) is 5.84. The molecule has 5 aromatic rings. The van der Waals surface area contributed by atoms with Gasteiger partial charge < -0.3 is 9.88 Å². The van der Waals surface area contributed by atoms with E-state index in [0.717, 1.165) is 38.4 Å². The van der Waals surface area contributed by atoms with E-state index in [4.69, 9.17) is 16.6 Å². The number of hydrogen-bond donors (Lipinski definition) is 1. The molecule has 1 N–H and O–H groups in total. The lowest BCUT2D eigenvalue weighted by molar-refractivity contribution is 0.0951. The van der Waals surface area contributed by atoms with Crippen LogP contribution in [0.5, 0.6) is 0 Å². The summed E-state index contributed by atoms with van der Waals surface area (Å²) >= 11 is 7.76. The third-order valence-electron chi connectivity index (χ3n) is 6.14. The molecule has 0 aliphatic carbocycles. The number of nitrogens with zero attached hydrogens (tertiary/aromatic N) is 3. The fraction of sp³-hybridized carbons (Fsp3) is 0.138. The number of nitrogens with one attached hydrogen (secondary N) is 1. The maximum atomic E-state index is 13.4. The van der Waals surface area contributed by atoms with Gasteiger partial charge in [0.2, 0.25) is 0 Å². The van der Waals surface area contributed by atoms with Crippen LogP contribution in [0, 0.1) is 12.7 Å². The average molecular weight is 531 g/mol. The van der Waals surface area contributed by atoms with Crippen LogP contribution in [-0.4, -0.2) is 20.4 Å². The Morgan fingerprint density at radius 3 is 2.65 bits per heavy atom. The van der Waals surface area contributed by atoms with Crippen LogP contribution in [0.4, 0.5) is 4.39 Å². The zero-order chi connectivity index (χ0) is 25.8. The summed E-state index contributed by atoms with van der Waals surface area (Å²) in [5, 5.41) is 4.20. The van der Waals surface area contributed by atoms with Gasteiger partial charge in [-0.05, 0) is 59.5 Å². The van der Waals surface area contributed by atoms with Gasteiger partial charge in [0, 0.05) is 29.1 Å². The summed E-state index contributed by atoms with van der Waals surface area (Å²) in [7, 11) is 0. The molecule has 0 unspecified atom stereocenters. The first-order chi connectivity index (χ1) is 18.0. The smallest absolute Gasteiger partial charge is 0.251 e. The second kappa shape index (κ2) is 11.2. The quantitative estimate of drug-likeness (QED) is 0.224. The number of aryl methyl sites for hydroxylation is 1. The second-order valence-electron chi connectivity index (χ2n) is 8.68. The van der Waals surface area contributed by atoms with Crippen LogP contribution in [0.25, 0.3) is 11.0 Å². The van der Waals surface area contributed by atoms with Crippen LogP contribution in [0.1, 0.15) is 32.6 Å². The van der Waals surface area contributed by atoms with Gasteiger partial charge in [-0.2, -0.15) is 0 Å². The van der Waals surface area contributed by atoms with Gasteiger partial charge in [-0.15, -0.1) is 0 Å². The summed E-state index contributed by atoms with van der Waals surface area (Å²) in [4.78, 5) is 21.7. The number of fused-ring (bicyclic) bond motifs is 1. The van der Waals surface area contributed by atoms with E-state index in [-0.39, 0.29) is 11.7 Å². The molecule has 0 saturated carbocycles. The number of benzene rings is 3. The number of carbonyl (C=O) groups is 1. The van der Waals surface area contributed by atoms with Crippen molar-refractivity contribution in [3.8, 4) is 0 Å². The van der Waals surface area contributed by atoms with E-state index in [1.54, 1.807) is 18.5 Å². The Hall–Kier alpha value is -3.68. The van der Waals surface area contributed by atoms with Crippen LogP contribution in [0.2, 0.25) is 5.02 Å². The topological polar surface area (TPSA) is 59.8 Å². The Balaban J connectivity index is 1.31. The summed E-state index contributed by atoms with van der Waals surface area (Å²) in [6.45, 7) is 3.08. The predicted octanol–water partition coefficient (Wildman–Crippen LogP) is 6.80. The van der Waals surface area contributed by atoms with Crippen molar-refractivity contribution in [2.75, 3.05) is 0 Å².